The Hall–Kier alpha value is -1.30. The highest BCUT2D eigenvalue weighted by Crippen LogP contribution is 2.25. The van der Waals surface area contributed by atoms with Crippen LogP contribution in [0.2, 0.25) is 0 Å². The van der Waals surface area contributed by atoms with E-state index in [-0.39, 0.29) is 5.56 Å². The van der Waals surface area contributed by atoms with Gasteiger partial charge in [-0.2, -0.15) is 11.8 Å². The second-order valence-electron chi connectivity index (χ2n) is 4.20. The SMILES string of the molecule is Nc1c(F)cc(C(=O)NCC2CCCS2)cc1F. The maximum absolute atomic E-state index is 13.2. The van der Waals surface area contributed by atoms with Crippen molar-refractivity contribution in [2.45, 2.75) is 18.1 Å². The third-order valence-electron chi connectivity index (χ3n) is 2.86. The molecular weight excluding hydrogens is 258 g/mol. The van der Waals surface area contributed by atoms with Crippen LogP contribution in [0.5, 0.6) is 0 Å². The van der Waals surface area contributed by atoms with Crippen LogP contribution in [0.4, 0.5) is 14.5 Å². The Morgan fingerprint density at radius 3 is 2.67 bits per heavy atom. The first kappa shape index (κ1) is 13.1. The quantitative estimate of drug-likeness (QED) is 0.829. The minimum absolute atomic E-state index is 0.0396. The molecule has 1 fully saturated rings. The van der Waals surface area contributed by atoms with Gasteiger partial charge in [-0.3, -0.25) is 4.79 Å². The molecule has 0 aliphatic carbocycles. The molecule has 1 atom stereocenters. The molecule has 6 heteroatoms. The van der Waals surface area contributed by atoms with E-state index in [4.69, 9.17) is 5.73 Å². The van der Waals surface area contributed by atoms with Gasteiger partial charge in [-0.25, -0.2) is 8.78 Å². The number of rotatable bonds is 3. The normalized spacial score (nSPS) is 18.9. The monoisotopic (exact) mass is 272 g/mol. The Kier molecular flexibility index (Phi) is 4.06. The van der Waals surface area contributed by atoms with Crippen LogP contribution >= 0.6 is 11.8 Å². The van der Waals surface area contributed by atoms with Crippen molar-refractivity contribution in [2.24, 2.45) is 0 Å². The van der Waals surface area contributed by atoms with Crippen molar-refractivity contribution in [2.75, 3.05) is 18.0 Å². The lowest BCUT2D eigenvalue weighted by Gasteiger charge is -2.10. The molecule has 0 saturated carbocycles. The fourth-order valence-corrected chi connectivity index (χ4v) is 3.03. The lowest BCUT2D eigenvalue weighted by molar-refractivity contribution is 0.0953. The summed E-state index contributed by atoms with van der Waals surface area (Å²) in [5.74, 6) is -1.18. The van der Waals surface area contributed by atoms with Crippen LogP contribution in [0, 0.1) is 11.6 Å². The molecule has 1 unspecified atom stereocenters. The fraction of sp³-hybridized carbons (Fsp3) is 0.417. The van der Waals surface area contributed by atoms with Gasteiger partial charge in [0.25, 0.3) is 5.91 Å². The van der Waals surface area contributed by atoms with Crippen LogP contribution in [0.25, 0.3) is 0 Å². The van der Waals surface area contributed by atoms with Crippen LogP contribution in [0.3, 0.4) is 0 Å². The number of nitrogen functional groups attached to an aromatic ring is 1. The average molecular weight is 272 g/mol. The third-order valence-corrected chi connectivity index (χ3v) is 4.25. The molecule has 0 bridgehead atoms. The molecule has 1 aliphatic heterocycles. The average Bonchev–Trinajstić information content (AvgIpc) is 2.85. The molecule has 1 saturated heterocycles. The van der Waals surface area contributed by atoms with Gasteiger partial charge < -0.3 is 11.1 Å². The molecule has 1 aliphatic rings. The highest BCUT2D eigenvalue weighted by atomic mass is 32.2. The first-order valence-corrected chi connectivity index (χ1v) is 6.77. The molecular formula is C12H14F2N2OS. The maximum Gasteiger partial charge on any atom is 0.251 e. The molecule has 0 spiro atoms. The van der Waals surface area contributed by atoms with Crippen molar-refractivity contribution in [3.63, 3.8) is 0 Å². The number of hydrogen-bond acceptors (Lipinski definition) is 3. The van der Waals surface area contributed by atoms with Gasteiger partial charge in [-0.05, 0) is 30.7 Å². The van der Waals surface area contributed by atoms with Crippen molar-refractivity contribution in [3.8, 4) is 0 Å². The summed E-state index contributed by atoms with van der Waals surface area (Å²) < 4.78 is 26.4. The molecule has 3 N–H and O–H groups in total. The first-order chi connectivity index (χ1) is 8.58. The van der Waals surface area contributed by atoms with E-state index in [2.05, 4.69) is 5.32 Å². The highest BCUT2D eigenvalue weighted by Gasteiger charge is 2.18. The number of thioether (sulfide) groups is 1. The Balaban J connectivity index is 2.00. The molecule has 1 amide bonds. The molecule has 98 valence electrons. The number of nitrogens with two attached hydrogens (primary N) is 1. The second-order valence-corrected chi connectivity index (χ2v) is 5.61. The number of carbonyl (C=O) groups is 1. The van der Waals surface area contributed by atoms with Crippen molar-refractivity contribution >= 4 is 23.4 Å². The smallest absolute Gasteiger partial charge is 0.251 e. The Morgan fingerprint density at radius 1 is 1.44 bits per heavy atom. The van der Waals surface area contributed by atoms with Crippen LogP contribution in [0.15, 0.2) is 12.1 Å². The number of hydrogen-bond donors (Lipinski definition) is 2. The van der Waals surface area contributed by atoms with Crippen molar-refractivity contribution in [3.05, 3.63) is 29.3 Å². The molecule has 1 heterocycles. The number of carbonyl (C=O) groups excluding carboxylic acids is 1. The largest absolute Gasteiger partial charge is 0.394 e. The minimum Gasteiger partial charge on any atom is -0.394 e. The number of benzene rings is 1. The molecule has 1 aromatic carbocycles. The van der Waals surface area contributed by atoms with Crippen LogP contribution in [-0.4, -0.2) is 23.5 Å². The van der Waals surface area contributed by atoms with Gasteiger partial charge in [0.1, 0.15) is 17.3 Å². The molecule has 3 nitrogen and oxygen atoms in total. The Bertz CT molecular complexity index is 438. The van der Waals surface area contributed by atoms with E-state index >= 15 is 0 Å². The molecule has 0 radical (unpaired) electrons. The summed E-state index contributed by atoms with van der Waals surface area (Å²) in [7, 11) is 0. The first-order valence-electron chi connectivity index (χ1n) is 5.72. The van der Waals surface area contributed by atoms with Crippen LogP contribution in [0.1, 0.15) is 23.2 Å². The zero-order valence-electron chi connectivity index (χ0n) is 9.71. The lowest BCUT2D eigenvalue weighted by atomic mass is 10.1. The maximum atomic E-state index is 13.2. The molecule has 0 aromatic heterocycles. The summed E-state index contributed by atoms with van der Waals surface area (Å²) in [5, 5.41) is 3.08. The summed E-state index contributed by atoms with van der Waals surface area (Å²) in [5.41, 5.74) is 4.54. The zero-order chi connectivity index (χ0) is 13.1. The Morgan fingerprint density at radius 2 is 2.11 bits per heavy atom. The van der Waals surface area contributed by atoms with E-state index in [0.717, 1.165) is 30.7 Å². The number of nitrogens with one attached hydrogen (secondary N) is 1. The summed E-state index contributed by atoms with van der Waals surface area (Å²) in [6.45, 7) is 0.525. The van der Waals surface area contributed by atoms with Gasteiger partial charge in [-0.15, -0.1) is 0 Å². The van der Waals surface area contributed by atoms with E-state index in [0.29, 0.717) is 11.8 Å². The van der Waals surface area contributed by atoms with Crippen molar-refractivity contribution in [1.29, 1.82) is 0 Å². The van der Waals surface area contributed by atoms with Crippen LogP contribution < -0.4 is 11.1 Å². The van der Waals surface area contributed by atoms with E-state index in [9.17, 15) is 13.6 Å². The van der Waals surface area contributed by atoms with Gasteiger partial charge in [0, 0.05) is 17.4 Å². The predicted octanol–water partition coefficient (Wildman–Crippen LogP) is 2.17. The number of halogens is 2. The highest BCUT2D eigenvalue weighted by molar-refractivity contribution is 8.00. The van der Waals surface area contributed by atoms with Gasteiger partial charge in [0.05, 0.1) is 0 Å². The van der Waals surface area contributed by atoms with Gasteiger partial charge >= 0.3 is 0 Å². The number of anilines is 1. The van der Waals surface area contributed by atoms with Gasteiger partial charge in [0.15, 0.2) is 0 Å². The Labute approximate surface area is 108 Å². The van der Waals surface area contributed by atoms with E-state index in [1.807, 2.05) is 0 Å². The van der Waals surface area contributed by atoms with Crippen molar-refractivity contribution in [1.82, 2.24) is 5.32 Å². The van der Waals surface area contributed by atoms with E-state index in [1.54, 1.807) is 11.8 Å². The van der Waals surface area contributed by atoms with Gasteiger partial charge in [-0.1, -0.05) is 0 Å². The van der Waals surface area contributed by atoms with Gasteiger partial charge in [0.2, 0.25) is 0 Å². The molecule has 18 heavy (non-hydrogen) atoms. The summed E-state index contributed by atoms with van der Waals surface area (Å²) in [4.78, 5) is 11.7. The minimum atomic E-state index is -0.907. The fourth-order valence-electron chi connectivity index (χ4n) is 1.83. The van der Waals surface area contributed by atoms with Crippen LogP contribution in [-0.2, 0) is 0 Å². The molecule has 2 rings (SSSR count). The summed E-state index contributed by atoms with van der Waals surface area (Å²) in [6, 6.07) is 1.91. The summed E-state index contributed by atoms with van der Waals surface area (Å²) >= 11 is 1.81. The zero-order valence-corrected chi connectivity index (χ0v) is 10.5. The van der Waals surface area contributed by atoms with Crippen molar-refractivity contribution < 1.29 is 13.6 Å². The van der Waals surface area contributed by atoms with E-state index in [1.165, 1.54) is 0 Å². The summed E-state index contributed by atoms with van der Waals surface area (Å²) in [6.07, 6.45) is 2.21. The second kappa shape index (κ2) is 5.56. The topological polar surface area (TPSA) is 55.1 Å². The lowest BCUT2D eigenvalue weighted by Crippen LogP contribution is -2.29. The molecule has 1 aromatic rings. The number of amides is 1. The predicted molar refractivity (Wildman–Crippen MR) is 68.6 cm³/mol. The third kappa shape index (κ3) is 2.93. The standard InChI is InChI=1S/C12H14F2N2OS/c13-9-4-7(5-10(14)11(9)15)12(17)16-6-8-2-1-3-18-8/h4-5,8H,1-3,6,15H2,(H,16,17). The van der Waals surface area contributed by atoms with E-state index < -0.39 is 23.2 Å².